The molecule has 3 rings (SSSR count). The average Bonchev–Trinajstić information content (AvgIpc) is 2.92. The number of ether oxygens (including phenoxy) is 1. The van der Waals surface area contributed by atoms with Crippen LogP contribution in [0.1, 0.15) is 32.7 Å². The first-order chi connectivity index (χ1) is 13.7. The number of carbonyl (C=O) groups excluding carboxylic acids is 3. The molecular weight excluding hydrogens is 418 g/mol. The maximum Gasteiger partial charge on any atom is 0.329 e. The highest BCUT2D eigenvalue weighted by atomic mass is 35.5. The number of rotatable bonds is 7. The average molecular weight is 436 g/mol. The number of hydrogen-bond acceptors (Lipinski definition) is 6. The van der Waals surface area contributed by atoms with E-state index in [4.69, 9.17) is 16.3 Å². The maximum atomic E-state index is 12.7. The number of esters is 1. The Morgan fingerprint density at radius 1 is 1.03 bits per heavy atom. The number of sulfone groups is 1. The Bertz CT molecular complexity index is 1030. The number of amides is 2. The fourth-order valence-corrected chi connectivity index (χ4v) is 3.78. The lowest BCUT2D eigenvalue weighted by atomic mass is 10.1. The SMILES string of the molecule is CS(=O)(=O)CC[C@@H](C(=O)OCc1ccc(Cl)cc1)N1C(=O)c2ccccc2C1=O. The summed E-state index contributed by atoms with van der Waals surface area (Å²) < 4.78 is 28.5. The number of hydrogen-bond donors (Lipinski definition) is 0. The molecule has 0 aliphatic carbocycles. The molecule has 9 heteroatoms. The third-order valence-corrected chi connectivity index (χ3v) is 5.69. The van der Waals surface area contributed by atoms with Crippen molar-refractivity contribution in [2.45, 2.75) is 19.1 Å². The minimum atomic E-state index is -3.43. The first kappa shape index (κ1) is 21.0. The van der Waals surface area contributed by atoms with Gasteiger partial charge in [0.1, 0.15) is 22.5 Å². The Morgan fingerprint density at radius 2 is 1.59 bits per heavy atom. The molecule has 1 aliphatic heterocycles. The van der Waals surface area contributed by atoms with E-state index in [9.17, 15) is 22.8 Å². The van der Waals surface area contributed by atoms with Gasteiger partial charge in [0.2, 0.25) is 0 Å². The highest BCUT2D eigenvalue weighted by molar-refractivity contribution is 7.90. The maximum absolute atomic E-state index is 12.7. The molecule has 0 bridgehead atoms. The van der Waals surface area contributed by atoms with Crippen LogP contribution in [0.2, 0.25) is 5.02 Å². The molecule has 1 atom stereocenters. The third kappa shape index (κ3) is 4.83. The van der Waals surface area contributed by atoms with E-state index >= 15 is 0 Å². The van der Waals surface area contributed by atoms with Gasteiger partial charge in [0, 0.05) is 11.3 Å². The van der Waals surface area contributed by atoms with Crippen LogP contribution in [0.5, 0.6) is 0 Å². The molecular formula is C20H18ClNO6S. The molecule has 1 aliphatic rings. The summed E-state index contributed by atoms with van der Waals surface area (Å²) in [5, 5.41) is 0.525. The zero-order chi connectivity index (χ0) is 21.2. The highest BCUT2D eigenvalue weighted by Gasteiger charge is 2.43. The van der Waals surface area contributed by atoms with Crippen molar-refractivity contribution in [1.82, 2.24) is 4.90 Å². The number of fused-ring (bicyclic) bond motifs is 1. The van der Waals surface area contributed by atoms with Crippen molar-refractivity contribution >= 4 is 39.2 Å². The van der Waals surface area contributed by atoms with Gasteiger partial charge in [-0.2, -0.15) is 0 Å². The molecule has 0 N–H and O–H groups in total. The van der Waals surface area contributed by atoms with Crippen LogP contribution in [0.25, 0.3) is 0 Å². The van der Waals surface area contributed by atoms with E-state index in [1.165, 1.54) is 12.1 Å². The fraction of sp³-hybridized carbons (Fsp3) is 0.250. The number of carbonyl (C=O) groups is 3. The molecule has 152 valence electrons. The topological polar surface area (TPSA) is 97.8 Å². The predicted molar refractivity (Wildman–Crippen MR) is 106 cm³/mol. The summed E-state index contributed by atoms with van der Waals surface area (Å²) in [5.41, 5.74) is 1.01. The van der Waals surface area contributed by atoms with Gasteiger partial charge in [0.15, 0.2) is 0 Å². The van der Waals surface area contributed by atoms with Gasteiger partial charge in [-0.15, -0.1) is 0 Å². The second kappa shape index (κ2) is 8.34. The summed E-state index contributed by atoms with van der Waals surface area (Å²) in [6.45, 7) is -0.103. The predicted octanol–water partition coefficient (Wildman–Crippen LogP) is 2.48. The summed E-state index contributed by atoms with van der Waals surface area (Å²) in [6, 6.07) is 11.5. The molecule has 0 unspecified atom stereocenters. The van der Waals surface area contributed by atoms with Gasteiger partial charge in [-0.3, -0.25) is 14.5 Å². The molecule has 7 nitrogen and oxygen atoms in total. The van der Waals surface area contributed by atoms with Crippen molar-refractivity contribution < 1.29 is 27.5 Å². The molecule has 2 amide bonds. The molecule has 0 fully saturated rings. The van der Waals surface area contributed by atoms with E-state index in [0.717, 1.165) is 11.2 Å². The summed E-state index contributed by atoms with van der Waals surface area (Å²) in [6.07, 6.45) is 0.773. The van der Waals surface area contributed by atoms with Crippen LogP contribution >= 0.6 is 11.6 Å². The van der Waals surface area contributed by atoms with Gasteiger partial charge in [-0.05, 0) is 36.2 Å². The van der Waals surface area contributed by atoms with Crippen molar-refractivity contribution in [2.75, 3.05) is 12.0 Å². The van der Waals surface area contributed by atoms with E-state index in [-0.39, 0.29) is 29.9 Å². The Hall–Kier alpha value is -2.71. The standard InChI is InChI=1S/C20H18ClNO6S/c1-29(26,27)11-10-17(20(25)28-12-13-6-8-14(21)9-7-13)22-18(23)15-4-2-3-5-16(15)19(22)24/h2-9,17H,10-12H2,1H3/t17-/m0/s1. The minimum absolute atomic E-state index is 0.103. The Kier molecular flexibility index (Phi) is 6.04. The van der Waals surface area contributed by atoms with Crippen LogP contribution in [0.15, 0.2) is 48.5 Å². The second-order valence-electron chi connectivity index (χ2n) is 6.69. The van der Waals surface area contributed by atoms with Crippen LogP contribution < -0.4 is 0 Å². The van der Waals surface area contributed by atoms with E-state index in [2.05, 4.69) is 0 Å². The Morgan fingerprint density at radius 3 is 2.10 bits per heavy atom. The van der Waals surface area contributed by atoms with Crippen molar-refractivity contribution in [3.8, 4) is 0 Å². The van der Waals surface area contributed by atoms with Gasteiger partial charge >= 0.3 is 5.97 Å². The van der Waals surface area contributed by atoms with Crippen molar-refractivity contribution in [3.63, 3.8) is 0 Å². The quantitative estimate of drug-likeness (QED) is 0.489. The second-order valence-corrected chi connectivity index (χ2v) is 9.39. The minimum Gasteiger partial charge on any atom is -0.459 e. The van der Waals surface area contributed by atoms with Gasteiger partial charge in [0.05, 0.1) is 16.9 Å². The summed E-state index contributed by atoms with van der Waals surface area (Å²) in [5.74, 6) is -2.51. The number of imide groups is 1. The smallest absolute Gasteiger partial charge is 0.329 e. The number of halogens is 1. The van der Waals surface area contributed by atoms with Crippen LogP contribution in [0.3, 0.4) is 0 Å². The lowest BCUT2D eigenvalue weighted by molar-refractivity contribution is -0.149. The van der Waals surface area contributed by atoms with Crippen LogP contribution in [-0.4, -0.2) is 49.2 Å². The molecule has 29 heavy (non-hydrogen) atoms. The van der Waals surface area contributed by atoms with Crippen molar-refractivity contribution in [1.29, 1.82) is 0 Å². The molecule has 0 radical (unpaired) electrons. The lowest BCUT2D eigenvalue weighted by Crippen LogP contribution is -2.46. The molecule has 1 heterocycles. The fourth-order valence-electron chi connectivity index (χ4n) is 3.00. The van der Waals surface area contributed by atoms with E-state index in [1.807, 2.05) is 0 Å². The molecule has 0 spiro atoms. The highest BCUT2D eigenvalue weighted by Crippen LogP contribution is 2.26. The first-order valence-corrected chi connectivity index (χ1v) is 11.2. The largest absolute Gasteiger partial charge is 0.459 e. The van der Waals surface area contributed by atoms with E-state index in [1.54, 1.807) is 36.4 Å². The van der Waals surface area contributed by atoms with Gasteiger partial charge < -0.3 is 4.74 Å². The summed E-state index contributed by atoms with van der Waals surface area (Å²) in [4.78, 5) is 39.0. The van der Waals surface area contributed by atoms with Crippen LogP contribution in [-0.2, 0) is 26.0 Å². The zero-order valence-corrected chi connectivity index (χ0v) is 17.1. The first-order valence-electron chi connectivity index (χ1n) is 8.73. The summed E-state index contributed by atoms with van der Waals surface area (Å²) in [7, 11) is -3.43. The van der Waals surface area contributed by atoms with E-state index in [0.29, 0.717) is 10.6 Å². The zero-order valence-electron chi connectivity index (χ0n) is 15.5. The van der Waals surface area contributed by atoms with Gasteiger partial charge in [-0.25, -0.2) is 13.2 Å². The lowest BCUT2D eigenvalue weighted by Gasteiger charge is -2.24. The van der Waals surface area contributed by atoms with Crippen LogP contribution in [0.4, 0.5) is 0 Å². The number of nitrogens with zero attached hydrogens (tertiary/aromatic N) is 1. The van der Waals surface area contributed by atoms with Gasteiger partial charge in [-0.1, -0.05) is 35.9 Å². The van der Waals surface area contributed by atoms with Crippen molar-refractivity contribution in [2.24, 2.45) is 0 Å². The monoisotopic (exact) mass is 435 g/mol. The molecule has 0 aromatic heterocycles. The van der Waals surface area contributed by atoms with Crippen LogP contribution in [0, 0.1) is 0 Å². The number of benzene rings is 2. The normalized spacial score (nSPS) is 14.6. The van der Waals surface area contributed by atoms with Crippen molar-refractivity contribution in [3.05, 3.63) is 70.2 Å². The molecule has 0 saturated carbocycles. The molecule has 0 saturated heterocycles. The Balaban J connectivity index is 1.82. The summed E-state index contributed by atoms with van der Waals surface area (Å²) >= 11 is 5.82. The van der Waals surface area contributed by atoms with E-state index < -0.39 is 33.7 Å². The Labute approximate surface area is 173 Å². The molecule has 2 aromatic rings. The van der Waals surface area contributed by atoms with Gasteiger partial charge in [0.25, 0.3) is 11.8 Å². The third-order valence-electron chi connectivity index (χ3n) is 4.47. The molecule has 2 aromatic carbocycles.